The molecular formula is C23H34N6S. The average molecular weight is 427 g/mol. The molecule has 2 fully saturated rings. The van der Waals surface area contributed by atoms with Crippen LogP contribution in [-0.2, 0) is 6.54 Å². The first-order valence-corrected chi connectivity index (χ1v) is 12.0. The quantitative estimate of drug-likeness (QED) is 0.588. The van der Waals surface area contributed by atoms with Crippen molar-refractivity contribution in [2.45, 2.75) is 26.3 Å². The number of likely N-dealkylation sites (tertiary alicyclic amines) is 1. The maximum Gasteiger partial charge on any atom is 0.193 e. The molecule has 0 aliphatic carbocycles. The largest absolute Gasteiger partial charge is 0.368 e. The Morgan fingerprint density at radius 2 is 1.83 bits per heavy atom. The van der Waals surface area contributed by atoms with Crippen molar-refractivity contribution >= 4 is 23.0 Å². The molecule has 30 heavy (non-hydrogen) atoms. The molecule has 7 heteroatoms. The zero-order valence-corrected chi connectivity index (χ0v) is 19.1. The number of nitrogens with zero attached hydrogens (tertiary/aromatic N) is 5. The van der Waals surface area contributed by atoms with Crippen LogP contribution in [0.2, 0.25) is 0 Å². The van der Waals surface area contributed by atoms with E-state index >= 15 is 0 Å². The lowest BCUT2D eigenvalue weighted by Gasteiger charge is -2.38. The number of thiazole rings is 1. The van der Waals surface area contributed by atoms with Gasteiger partial charge in [0.2, 0.25) is 0 Å². The molecule has 0 saturated carbocycles. The van der Waals surface area contributed by atoms with Crippen molar-refractivity contribution in [1.82, 2.24) is 20.1 Å². The summed E-state index contributed by atoms with van der Waals surface area (Å²) in [7, 11) is 1.91. The van der Waals surface area contributed by atoms with E-state index in [1.165, 1.54) is 29.2 Å². The second-order valence-corrected chi connectivity index (χ2v) is 9.38. The Hall–Kier alpha value is -2.12. The van der Waals surface area contributed by atoms with Gasteiger partial charge in [-0.1, -0.05) is 18.2 Å². The zero-order valence-electron chi connectivity index (χ0n) is 18.3. The lowest BCUT2D eigenvalue weighted by Crippen LogP contribution is -2.53. The summed E-state index contributed by atoms with van der Waals surface area (Å²) in [5.41, 5.74) is 2.55. The molecule has 6 nitrogen and oxygen atoms in total. The van der Waals surface area contributed by atoms with Crippen LogP contribution in [0.3, 0.4) is 0 Å². The smallest absolute Gasteiger partial charge is 0.193 e. The highest BCUT2D eigenvalue weighted by molar-refractivity contribution is 7.09. The highest BCUT2D eigenvalue weighted by Crippen LogP contribution is 2.20. The van der Waals surface area contributed by atoms with E-state index in [-0.39, 0.29) is 0 Å². The summed E-state index contributed by atoms with van der Waals surface area (Å²) < 4.78 is 0. The van der Waals surface area contributed by atoms with Gasteiger partial charge in [0.25, 0.3) is 0 Å². The summed E-state index contributed by atoms with van der Waals surface area (Å²) in [6, 6.07) is 10.7. The second-order valence-electron chi connectivity index (χ2n) is 8.32. The van der Waals surface area contributed by atoms with Crippen LogP contribution in [0, 0.1) is 12.8 Å². The Morgan fingerprint density at radius 3 is 2.47 bits per heavy atom. The maximum absolute atomic E-state index is 4.61. The van der Waals surface area contributed by atoms with Gasteiger partial charge in [-0.05, 0) is 50.9 Å². The molecule has 162 valence electrons. The highest BCUT2D eigenvalue weighted by Gasteiger charge is 2.23. The van der Waals surface area contributed by atoms with Gasteiger partial charge in [-0.15, -0.1) is 11.3 Å². The Labute approximate surface area is 184 Å². The number of rotatable bonds is 5. The SMILES string of the molecule is CN=C(NCC1CCN(Cc2csc(C)n2)CC1)N1CCN(c2ccccc2)CC1. The summed E-state index contributed by atoms with van der Waals surface area (Å²) in [5.74, 6) is 1.78. The number of piperidine rings is 1. The summed E-state index contributed by atoms with van der Waals surface area (Å²) >= 11 is 1.75. The van der Waals surface area contributed by atoms with E-state index in [9.17, 15) is 0 Å². The number of hydrogen-bond donors (Lipinski definition) is 1. The first-order valence-electron chi connectivity index (χ1n) is 11.1. The number of piperazine rings is 1. The van der Waals surface area contributed by atoms with Gasteiger partial charge in [0.05, 0.1) is 10.7 Å². The van der Waals surface area contributed by atoms with Crippen LogP contribution in [0.4, 0.5) is 5.69 Å². The van der Waals surface area contributed by atoms with Crippen LogP contribution in [0.15, 0.2) is 40.7 Å². The molecule has 0 radical (unpaired) electrons. The topological polar surface area (TPSA) is 47.0 Å². The van der Waals surface area contributed by atoms with E-state index in [4.69, 9.17) is 0 Å². The number of guanidine groups is 1. The molecule has 2 aromatic rings. The van der Waals surface area contributed by atoms with Gasteiger partial charge in [-0.2, -0.15) is 0 Å². The molecule has 1 N–H and O–H groups in total. The fourth-order valence-electron chi connectivity index (χ4n) is 4.44. The number of para-hydroxylation sites is 1. The van der Waals surface area contributed by atoms with Gasteiger partial charge in [-0.25, -0.2) is 4.98 Å². The van der Waals surface area contributed by atoms with Gasteiger partial charge < -0.3 is 15.1 Å². The van der Waals surface area contributed by atoms with Crippen LogP contribution in [-0.4, -0.2) is 73.6 Å². The van der Waals surface area contributed by atoms with Crippen LogP contribution in [0.5, 0.6) is 0 Å². The van der Waals surface area contributed by atoms with E-state index in [1.807, 2.05) is 7.05 Å². The van der Waals surface area contributed by atoms with Gasteiger partial charge in [0.1, 0.15) is 0 Å². The molecular weight excluding hydrogens is 392 g/mol. The monoisotopic (exact) mass is 426 g/mol. The normalized spacial score (nSPS) is 19.3. The van der Waals surface area contributed by atoms with Crippen molar-refractivity contribution < 1.29 is 0 Å². The fraction of sp³-hybridized carbons (Fsp3) is 0.565. The lowest BCUT2D eigenvalue weighted by atomic mass is 9.97. The highest BCUT2D eigenvalue weighted by atomic mass is 32.1. The van der Waals surface area contributed by atoms with Crippen molar-refractivity contribution in [2.75, 3.05) is 57.8 Å². The van der Waals surface area contributed by atoms with E-state index in [0.29, 0.717) is 0 Å². The maximum atomic E-state index is 4.61. The number of hydrogen-bond acceptors (Lipinski definition) is 5. The number of aryl methyl sites for hydroxylation is 1. The number of anilines is 1. The molecule has 1 aromatic heterocycles. The fourth-order valence-corrected chi connectivity index (χ4v) is 5.05. The minimum atomic E-state index is 0.723. The van der Waals surface area contributed by atoms with E-state index in [0.717, 1.165) is 64.2 Å². The van der Waals surface area contributed by atoms with E-state index < -0.39 is 0 Å². The van der Waals surface area contributed by atoms with E-state index in [1.54, 1.807) is 11.3 Å². The number of benzene rings is 1. The Balaban J connectivity index is 1.18. The third-order valence-electron chi connectivity index (χ3n) is 6.22. The molecule has 2 saturated heterocycles. The van der Waals surface area contributed by atoms with Crippen LogP contribution in [0.25, 0.3) is 0 Å². The number of aliphatic imine (C=N–C) groups is 1. The molecule has 1 aromatic carbocycles. The van der Waals surface area contributed by atoms with Gasteiger partial charge in [0, 0.05) is 57.4 Å². The van der Waals surface area contributed by atoms with Gasteiger partial charge in [-0.3, -0.25) is 9.89 Å². The molecule has 0 spiro atoms. The minimum Gasteiger partial charge on any atom is -0.368 e. The molecule has 3 heterocycles. The number of aromatic nitrogens is 1. The minimum absolute atomic E-state index is 0.723. The molecule has 2 aliphatic heterocycles. The molecule has 0 unspecified atom stereocenters. The molecule has 0 atom stereocenters. The van der Waals surface area contributed by atoms with Crippen molar-refractivity contribution in [1.29, 1.82) is 0 Å². The van der Waals surface area contributed by atoms with Crippen LogP contribution < -0.4 is 10.2 Å². The summed E-state index contributed by atoms with van der Waals surface area (Å²) in [4.78, 5) is 16.6. The van der Waals surface area contributed by atoms with Crippen molar-refractivity contribution in [2.24, 2.45) is 10.9 Å². The van der Waals surface area contributed by atoms with Crippen molar-refractivity contribution in [3.05, 3.63) is 46.4 Å². The van der Waals surface area contributed by atoms with Crippen molar-refractivity contribution in [3.63, 3.8) is 0 Å². The van der Waals surface area contributed by atoms with Gasteiger partial charge in [0.15, 0.2) is 5.96 Å². The second kappa shape index (κ2) is 10.3. The standard InChI is InChI=1S/C23H34N6S/c1-19-26-21(18-30-19)17-27-10-8-20(9-11-27)16-25-23(24-2)29-14-12-28(13-15-29)22-6-4-3-5-7-22/h3-7,18,20H,8-17H2,1-2H3,(H,24,25). The van der Waals surface area contributed by atoms with Gasteiger partial charge >= 0.3 is 0 Å². The Morgan fingerprint density at radius 1 is 1.10 bits per heavy atom. The molecule has 0 bridgehead atoms. The predicted octanol–water partition coefficient (Wildman–Crippen LogP) is 3.06. The Kier molecular flexibility index (Phi) is 7.23. The summed E-state index contributed by atoms with van der Waals surface area (Å²) in [5, 5.41) is 7.03. The molecule has 0 amide bonds. The van der Waals surface area contributed by atoms with E-state index in [2.05, 4.69) is 72.6 Å². The predicted molar refractivity (Wildman–Crippen MR) is 126 cm³/mol. The summed E-state index contributed by atoms with van der Waals surface area (Å²) in [6.45, 7) is 10.5. The summed E-state index contributed by atoms with van der Waals surface area (Å²) in [6.07, 6.45) is 2.49. The average Bonchev–Trinajstić information content (AvgIpc) is 3.21. The first-order chi connectivity index (χ1) is 14.7. The zero-order chi connectivity index (χ0) is 20.8. The van der Waals surface area contributed by atoms with Crippen LogP contribution >= 0.6 is 11.3 Å². The lowest BCUT2D eigenvalue weighted by molar-refractivity contribution is 0.176. The third kappa shape index (κ3) is 5.52. The Bertz CT molecular complexity index is 804. The third-order valence-corrected chi connectivity index (χ3v) is 7.04. The van der Waals surface area contributed by atoms with Crippen LogP contribution in [0.1, 0.15) is 23.5 Å². The number of nitrogens with one attached hydrogen (secondary N) is 1. The molecule has 2 aliphatic rings. The first kappa shape index (κ1) is 21.1. The van der Waals surface area contributed by atoms with Crippen molar-refractivity contribution in [3.8, 4) is 0 Å². The molecule has 4 rings (SSSR count).